The van der Waals surface area contributed by atoms with E-state index in [1.54, 1.807) is 36.7 Å². The predicted octanol–water partition coefficient (Wildman–Crippen LogP) is 9.28. The minimum atomic E-state index is -0.287. The van der Waals surface area contributed by atoms with E-state index in [0.29, 0.717) is 31.4 Å². The largest absolute Gasteiger partial charge is 0.282 e. The summed E-state index contributed by atoms with van der Waals surface area (Å²) >= 11 is 15.1. The van der Waals surface area contributed by atoms with Crippen LogP contribution in [0.5, 0.6) is 0 Å². The Balaban J connectivity index is 0.000000180. The van der Waals surface area contributed by atoms with Crippen LogP contribution >= 0.6 is 72.2 Å². The van der Waals surface area contributed by atoms with Gasteiger partial charge in [-0.25, -0.2) is 18.1 Å². The van der Waals surface area contributed by atoms with Crippen molar-refractivity contribution in [3.05, 3.63) is 178 Å². The summed E-state index contributed by atoms with van der Waals surface area (Å²) in [6.45, 7) is 0.894. The van der Waals surface area contributed by atoms with Gasteiger partial charge in [0.15, 0.2) is 0 Å². The van der Waals surface area contributed by atoms with E-state index in [4.69, 9.17) is 0 Å². The molecule has 0 atom stereocenters. The molecule has 0 saturated heterocycles. The Morgan fingerprint density at radius 1 is 0.617 bits per heavy atom. The van der Waals surface area contributed by atoms with Crippen molar-refractivity contribution in [2.75, 3.05) is 0 Å². The molecule has 0 radical (unpaired) electrons. The lowest BCUT2D eigenvalue weighted by atomic mass is 10.2. The van der Waals surface area contributed by atoms with Crippen molar-refractivity contribution < 1.29 is 8.78 Å². The SMILES string of the molecule is Fc1ccc(S)cc1.O=c1c(Br)c(Br)cnn1Cc1ccccc1.O=c1c(Br)c(Sc2ccc(F)cc2)cnn1Cc1ccccc1. The van der Waals surface area contributed by atoms with Gasteiger partial charge in [0.05, 0.1) is 39.3 Å². The molecule has 0 fully saturated rings. The monoisotopic (exact) mass is 860 g/mol. The van der Waals surface area contributed by atoms with Gasteiger partial charge in [-0.05, 0) is 107 Å². The van der Waals surface area contributed by atoms with Crippen molar-refractivity contribution in [2.24, 2.45) is 0 Å². The van der Waals surface area contributed by atoms with Gasteiger partial charge in [0, 0.05) is 9.79 Å². The summed E-state index contributed by atoms with van der Waals surface area (Å²) < 4.78 is 29.5. The third kappa shape index (κ3) is 11.4. The quantitative estimate of drug-likeness (QED) is 0.169. The van der Waals surface area contributed by atoms with E-state index >= 15 is 0 Å². The van der Waals surface area contributed by atoms with Gasteiger partial charge in [-0.1, -0.05) is 72.4 Å². The Bertz CT molecular complexity index is 1990. The molecule has 0 bridgehead atoms. The van der Waals surface area contributed by atoms with E-state index < -0.39 is 0 Å². The zero-order valence-electron chi connectivity index (χ0n) is 24.3. The van der Waals surface area contributed by atoms with Crippen LogP contribution in [0.3, 0.4) is 0 Å². The number of halogens is 5. The van der Waals surface area contributed by atoms with Crippen LogP contribution in [0.2, 0.25) is 0 Å². The van der Waals surface area contributed by atoms with Gasteiger partial charge in [0.1, 0.15) is 16.1 Å². The van der Waals surface area contributed by atoms with E-state index in [-0.39, 0.29) is 22.8 Å². The van der Waals surface area contributed by atoms with Gasteiger partial charge in [-0.3, -0.25) is 9.59 Å². The second kappa shape index (κ2) is 18.3. The Hall–Kier alpha value is -3.36. The van der Waals surface area contributed by atoms with Crippen molar-refractivity contribution in [3.8, 4) is 0 Å². The van der Waals surface area contributed by atoms with Crippen molar-refractivity contribution in [1.82, 2.24) is 19.6 Å². The molecule has 0 aliphatic rings. The van der Waals surface area contributed by atoms with Crippen molar-refractivity contribution in [3.63, 3.8) is 0 Å². The van der Waals surface area contributed by atoms with Crippen LogP contribution in [0.15, 0.2) is 159 Å². The molecule has 4 aromatic carbocycles. The summed E-state index contributed by atoms with van der Waals surface area (Å²) in [5.74, 6) is -0.507. The molecule has 240 valence electrons. The number of hydrogen-bond acceptors (Lipinski definition) is 6. The van der Waals surface area contributed by atoms with Crippen molar-refractivity contribution in [1.29, 1.82) is 0 Å². The maximum absolute atomic E-state index is 12.9. The number of aromatic nitrogens is 4. The van der Waals surface area contributed by atoms with Gasteiger partial charge in [-0.2, -0.15) is 10.2 Å². The normalized spacial score (nSPS) is 10.3. The zero-order valence-corrected chi connectivity index (χ0v) is 30.8. The summed E-state index contributed by atoms with van der Waals surface area (Å²) in [4.78, 5) is 26.6. The lowest BCUT2D eigenvalue weighted by Crippen LogP contribution is -2.24. The highest BCUT2D eigenvalue weighted by atomic mass is 79.9. The van der Waals surface area contributed by atoms with Crippen LogP contribution < -0.4 is 11.1 Å². The highest BCUT2D eigenvalue weighted by molar-refractivity contribution is 9.13. The third-order valence-corrected chi connectivity index (χ3v) is 10.4. The third-order valence-electron chi connectivity index (χ3n) is 6.11. The molecular formula is C34H25Br3F2N4O2S2. The standard InChI is InChI=1S/C17H12BrFN2OS.C11H8Br2N2O.C6H5FS/c18-16-15(23-14-8-6-13(19)7-9-14)10-20-21(17(16)22)11-12-4-2-1-3-5-12;12-9-6-14-15(11(16)10(9)13)7-8-4-2-1-3-5-8;7-5-1-3-6(8)4-2-5/h1-10H,11H2;1-6H,7H2;1-4,8H. The lowest BCUT2D eigenvalue weighted by molar-refractivity contribution is 0.625. The molecule has 13 heteroatoms. The Labute approximate surface area is 304 Å². The van der Waals surface area contributed by atoms with Crippen LogP contribution in [0.4, 0.5) is 8.78 Å². The van der Waals surface area contributed by atoms with E-state index in [2.05, 4.69) is 70.6 Å². The van der Waals surface area contributed by atoms with E-state index in [0.717, 1.165) is 20.9 Å². The molecule has 0 saturated carbocycles. The number of hydrogen-bond donors (Lipinski definition) is 1. The Morgan fingerprint density at radius 3 is 1.55 bits per heavy atom. The molecule has 0 amide bonds. The molecule has 6 rings (SSSR count). The fraction of sp³-hybridized carbons (Fsp3) is 0.0588. The average molecular weight is 863 g/mol. The van der Waals surface area contributed by atoms with Crippen LogP contribution in [0, 0.1) is 11.6 Å². The van der Waals surface area contributed by atoms with Gasteiger partial charge in [0.2, 0.25) is 0 Å². The first-order valence-electron chi connectivity index (χ1n) is 13.7. The molecule has 0 aliphatic heterocycles. The van der Waals surface area contributed by atoms with E-state index in [1.807, 2.05) is 60.7 Å². The molecule has 0 aliphatic carbocycles. The first-order valence-corrected chi connectivity index (χ1v) is 17.4. The zero-order chi connectivity index (χ0) is 33.8. The summed E-state index contributed by atoms with van der Waals surface area (Å²) in [5.41, 5.74) is 1.72. The molecule has 2 aromatic heterocycles. The first-order chi connectivity index (χ1) is 22.6. The molecule has 2 heterocycles. The van der Waals surface area contributed by atoms with Gasteiger partial charge >= 0.3 is 0 Å². The van der Waals surface area contributed by atoms with Crippen LogP contribution in [0.25, 0.3) is 0 Å². The summed E-state index contributed by atoms with van der Waals surface area (Å²) in [6.07, 6.45) is 3.25. The number of thiol groups is 1. The van der Waals surface area contributed by atoms with Gasteiger partial charge in [-0.15, -0.1) is 12.6 Å². The fourth-order valence-corrected chi connectivity index (χ4v) is 5.84. The second-order valence-corrected chi connectivity index (χ2v) is 13.6. The molecule has 6 nitrogen and oxygen atoms in total. The minimum absolute atomic E-state index is 0.141. The van der Waals surface area contributed by atoms with Gasteiger partial charge < -0.3 is 0 Å². The average Bonchev–Trinajstić information content (AvgIpc) is 3.09. The Kier molecular flexibility index (Phi) is 14.2. The Morgan fingerprint density at radius 2 is 1.06 bits per heavy atom. The predicted molar refractivity (Wildman–Crippen MR) is 195 cm³/mol. The smallest absolute Gasteiger partial charge is 0.266 e. The summed E-state index contributed by atoms with van der Waals surface area (Å²) in [7, 11) is 0. The summed E-state index contributed by atoms with van der Waals surface area (Å²) in [5, 5.41) is 8.29. The van der Waals surface area contributed by atoms with Gasteiger partial charge in [0.25, 0.3) is 11.1 Å². The van der Waals surface area contributed by atoms with Crippen LogP contribution in [0.1, 0.15) is 11.1 Å². The molecule has 6 aromatic rings. The summed E-state index contributed by atoms with van der Waals surface area (Å²) in [6, 6.07) is 31.5. The first kappa shape index (κ1) is 36.5. The number of nitrogens with zero attached hydrogens (tertiary/aromatic N) is 4. The topological polar surface area (TPSA) is 69.8 Å². The fourth-order valence-electron chi connectivity index (χ4n) is 3.77. The highest BCUT2D eigenvalue weighted by Crippen LogP contribution is 2.31. The molecule has 0 N–H and O–H groups in total. The minimum Gasteiger partial charge on any atom is -0.266 e. The second-order valence-electron chi connectivity index (χ2n) is 9.56. The van der Waals surface area contributed by atoms with Crippen LogP contribution in [-0.4, -0.2) is 19.6 Å². The number of rotatable bonds is 6. The van der Waals surface area contributed by atoms with E-state index in [9.17, 15) is 18.4 Å². The highest BCUT2D eigenvalue weighted by Gasteiger charge is 2.11. The molecule has 47 heavy (non-hydrogen) atoms. The van der Waals surface area contributed by atoms with Crippen molar-refractivity contribution in [2.45, 2.75) is 27.8 Å². The van der Waals surface area contributed by atoms with Crippen molar-refractivity contribution >= 4 is 72.2 Å². The van der Waals surface area contributed by atoms with E-state index in [1.165, 1.54) is 45.4 Å². The molecule has 0 unspecified atom stereocenters. The lowest BCUT2D eigenvalue weighted by Gasteiger charge is -2.08. The molecular weight excluding hydrogens is 838 g/mol. The maximum Gasteiger partial charge on any atom is 0.282 e. The maximum atomic E-state index is 12.9. The number of benzene rings is 4. The molecule has 0 spiro atoms. The van der Waals surface area contributed by atoms with Crippen LogP contribution in [-0.2, 0) is 13.1 Å².